The van der Waals surface area contributed by atoms with E-state index in [0.29, 0.717) is 12.2 Å². The van der Waals surface area contributed by atoms with Crippen LogP contribution in [-0.2, 0) is 13.5 Å². The molecule has 2 N–H and O–H groups in total. The molecule has 0 amide bonds. The van der Waals surface area contributed by atoms with Crippen LogP contribution in [-0.4, -0.2) is 30.3 Å². The molecule has 0 saturated heterocycles. The summed E-state index contributed by atoms with van der Waals surface area (Å²) in [5, 5.41) is 27.6. The highest BCUT2D eigenvalue weighted by Crippen LogP contribution is 2.35. The number of nitrogens with one attached hydrogen (secondary N) is 1. The largest absolute Gasteiger partial charge is 0.508 e. The molecule has 0 spiro atoms. The Labute approximate surface area is 168 Å². The van der Waals surface area contributed by atoms with E-state index in [9.17, 15) is 5.11 Å². The molecule has 29 heavy (non-hydrogen) atoms. The minimum atomic E-state index is 0.0297. The number of ether oxygens (including phenoxy) is 1. The van der Waals surface area contributed by atoms with Gasteiger partial charge in [0.1, 0.15) is 5.75 Å². The molecule has 0 aliphatic rings. The van der Waals surface area contributed by atoms with Crippen molar-refractivity contribution in [2.24, 2.45) is 7.05 Å². The van der Waals surface area contributed by atoms with Gasteiger partial charge in [-0.05, 0) is 54.8 Å². The third kappa shape index (κ3) is 3.14. The van der Waals surface area contributed by atoms with Crippen LogP contribution in [0.5, 0.6) is 11.8 Å². The van der Waals surface area contributed by atoms with Crippen molar-refractivity contribution in [1.29, 1.82) is 5.41 Å². The quantitative estimate of drug-likeness (QED) is 0.400. The summed E-state index contributed by atoms with van der Waals surface area (Å²) < 4.78 is 9.47. The Balaban J connectivity index is 2.03. The first-order chi connectivity index (χ1) is 13.9. The predicted octanol–water partition coefficient (Wildman–Crippen LogP) is 4.38. The number of hydrogen-bond acceptors (Lipinski definition) is 5. The summed E-state index contributed by atoms with van der Waals surface area (Å²) >= 11 is 0. The van der Waals surface area contributed by atoms with E-state index in [-0.39, 0.29) is 17.7 Å². The second-order valence-electron chi connectivity index (χ2n) is 7.09. The maximum Gasteiger partial charge on any atom is 0.328 e. The molecule has 0 atom stereocenters. The number of hydrogen-bond donors (Lipinski definition) is 2. The van der Waals surface area contributed by atoms with Crippen LogP contribution in [0, 0.1) is 12.3 Å². The number of aromatic nitrogens is 4. The molecule has 0 aliphatic carbocycles. The molecule has 0 aliphatic heterocycles. The SMILES string of the molecule is CCc1cc(-c2nnc(OC(C)=N)n2-c2cccc3c2ccn3C)c(C)cc1O. The topological polar surface area (TPSA) is 89.0 Å². The van der Waals surface area contributed by atoms with Gasteiger partial charge in [0.2, 0.25) is 0 Å². The van der Waals surface area contributed by atoms with E-state index in [2.05, 4.69) is 10.2 Å². The van der Waals surface area contributed by atoms with Crippen LogP contribution in [0.3, 0.4) is 0 Å². The lowest BCUT2D eigenvalue weighted by Gasteiger charge is -2.14. The summed E-state index contributed by atoms with van der Waals surface area (Å²) in [5.41, 5.74) is 4.51. The van der Waals surface area contributed by atoms with E-state index >= 15 is 0 Å². The average molecular weight is 389 g/mol. The van der Waals surface area contributed by atoms with Crippen LogP contribution < -0.4 is 4.74 Å². The van der Waals surface area contributed by atoms with E-state index in [0.717, 1.165) is 33.3 Å². The molecule has 2 aromatic heterocycles. The molecule has 148 valence electrons. The van der Waals surface area contributed by atoms with E-state index in [1.54, 1.807) is 13.0 Å². The first-order valence-electron chi connectivity index (χ1n) is 9.46. The van der Waals surface area contributed by atoms with Crippen molar-refractivity contribution in [1.82, 2.24) is 19.3 Å². The van der Waals surface area contributed by atoms with Crippen molar-refractivity contribution in [2.45, 2.75) is 27.2 Å². The predicted molar refractivity (Wildman–Crippen MR) is 113 cm³/mol. The summed E-state index contributed by atoms with van der Waals surface area (Å²) in [5.74, 6) is 0.906. The van der Waals surface area contributed by atoms with Crippen molar-refractivity contribution in [2.75, 3.05) is 0 Å². The van der Waals surface area contributed by atoms with Crippen LogP contribution >= 0.6 is 0 Å². The molecule has 0 saturated carbocycles. The number of phenolic OH excluding ortho intramolecular Hbond substituents is 1. The third-order valence-corrected chi connectivity index (χ3v) is 5.07. The van der Waals surface area contributed by atoms with Crippen molar-refractivity contribution < 1.29 is 9.84 Å². The molecule has 4 rings (SSSR count). The molecule has 0 radical (unpaired) electrons. The summed E-state index contributed by atoms with van der Waals surface area (Å²) in [6, 6.07) is 12.0. The van der Waals surface area contributed by atoms with Crippen LogP contribution in [0.15, 0.2) is 42.6 Å². The molecule has 2 heterocycles. The highest BCUT2D eigenvalue weighted by atomic mass is 16.5. The zero-order chi connectivity index (χ0) is 20.7. The van der Waals surface area contributed by atoms with Gasteiger partial charge >= 0.3 is 6.01 Å². The number of phenols is 1. The first kappa shape index (κ1) is 18.7. The second-order valence-corrected chi connectivity index (χ2v) is 7.09. The number of benzene rings is 2. The molecule has 0 fully saturated rings. The van der Waals surface area contributed by atoms with Gasteiger partial charge in [-0.25, -0.2) is 4.57 Å². The molecule has 2 aromatic carbocycles. The summed E-state index contributed by atoms with van der Waals surface area (Å²) in [4.78, 5) is 0. The number of aryl methyl sites for hydroxylation is 3. The fraction of sp³-hybridized carbons (Fsp3) is 0.227. The van der Waals surface area contributed by atoms with Crippen molar-refractivity contribution >= 4 is 16.8 Å². The lowest BCUT2D eigenvalue weighted by atomic mass is 10.0. The van der Waals surface area contributed by atoms with Gasteiger partial charge in [0.25, 0.3) is 0 Å². The Morgan fingerprint density at radius 2 is 2.00 bits per heavy atom. The van der Waals surface area contributed by atoms with Gasteiger partial charge in [-0.3, -0.25) is 5.41 Å². The van der Waals surface area contributed by atoms with Gasteiger partial charge in [-0.1, -0.05) is 18.1 Å². The van der Waals surface area contributed by atoms with Crippen molar-refractivity contribution in [3.63, 3.8) is 0 Å². The lowest BCUT2D eigenvalue weighted by molar-refractivity contribution is 0.468. The Bertz CT molecular complexity index is 1240. The Kier molecular flexibility index (Phi) is 4.58. The fourth-order valence-corrected chi connectivity index (χ4v) is 3.61. The van der Waals surface area contributed by atoms with Gasteiger partial charge in [-0.2, -0.15) is 0 Å². The van der Waals surface area contributed by atoms with Gasteiger partial charge in [0.15, 0.2) is 11.7 Å². The van der Waals surface area contributed by atoms with E-state index in [1.807, 2.05) is 66.6 Å². The molecule has 4 aromatic rings. The molecule has 0 bridgehead atoms. The van der Waals surface area contributed by atoms with Crippen molar-refractivity contribution in [3.8, 4) is 28.8 Å². The summed E-state index contributed by atoms with van der Waals surface area (Å²) in [7, 11) is 2.00. The number of fused-ring (bicyclic) bond motifs is 1. The van der Waals surface area contributed by atoms with Crippen LogP contribution in [0.1, 0.15) is 25.0 Å². The number of nitrogens with zero attached hydrogens (tertiary/aromatic N) is 4. The van der Waals surface area contributed by atoms with Gasteiger partial charge in [0, 0.05) is 36.6 Å². The van der Waals surface area contributed by atoms with Gasteiger partial charge in [-0.15, -0.1) is 5.10 Å². The molecule has 0 unspecified atom stereocenters. The van der Waals surface area contributed by atoms with Crippen LogP contribution in [0.25, 0.3) is 28.0 Å². The number of rotatable bonds is 4. The van der Waals surface area contributed by atoms with Crippen molar-refractivity contribution in [3.05, 3.63) is 53.7 Å². The van der Waals surface area contributed by atoms with E-state index in [1.165, 1.54) is 0 Å². The maximum absolute atomic E-state index is 10.2. The summed E-state index contributed by atoms with van der Waals surface area (Å²) in [6.07, 6.45) is 2.70. The standard InChI is InChI=1S/C22H23N5O2/c1-5-15-12-17(13(2)11-20(15)28)21-24-25-22(29-14(3)23)27(21)19-8-6-7-18-16(19)9-10-26(18)4/h6-12,23,28H,5H2,1-4H3. The monoisotopic (exact) mass is 389 g/mol. The zero-order valence-corrected chi connectivity index (χ0v) is 16.9. The normalized spacial score (nSPS) is 11.2. The Morgan fingerprint density at radius 1 is 1.21 bits per heavy atom. The minimum Gasteiger partial charge on any atom is -0.508 e. The molecular formula is C22H23N5O2. The first-order valence-corrected chi connectivity index (χ1v) is 9.46. The molecule has 7 heteroatoms. The van der Waals surface area contributed by atoms with Crippen LogP contribution in [0.2, 0.25) is 0 Å². The highest BCUT2D eigenvalue weighted by molar-refractivity contribution is 5.89. The number of aromatic hydroxyl groups is 1. The van der Waals surface area contributed by atoms with Gasteiger partial charge < -0.3 is 14.4 Å². The maximum atomic E-state index is 10.2. The summed E-state index contributed by atoms with van der Waals surface area (Å²) in [6.45, 7) is 5.48. The van der Waals surface area contributed by atoms with E-state index in [4.69, 9.17) is 10.1 Å². The highest BCUT2D eigenvalue weighted by Gasteiger charge is 2.22. The average Bonchev–Trinajstić information content (AvgIpc) is 3.25. The Morgan fingerprint density at radius 3 is 2.72 bits per heavy atom. The van der Waals surface area contributed by atoms with Crippen LogP contribution in [0.4, 0.5) is 0 Å². The van der Waals surface area contributed by atoms with E-state index < -0.39 is 0 Å². The minimum absolute atomic E-state index is 0.0297. The van der Waals surface area contributed by atoms with Gasteiger partial charge in [0.05, 0.1) is 5.69 Å². The Hall–Kier alpha value is -3.61. The smallest absolute Gasteiger partial charge is 0.328 e. The lowest BCUT2D eigenvalue weighted by Crippen LogP contribution is -2.08. The zero-order valence-electron chi connectivity index (χ0n) is 16.9. The third-order valence-electron chi connectivity index (χ3n) is 5.07. The fourth-order valence-electron chi connectivity index (χ4n) is 3.61. The molecular weight excluding hydrogens is 366 g/mol. The molecule has 7 nitrogen and oxygen atoms in total. The second kappa shape index (κ2) is 7.09.